The molecule has 1 amide bonds. The van der Waals surface area contributed by atoms with Crippen LogP contribution in [0.25, 0.3) is 0 Å². The van der Waals surface area contributed by atoms with Crippen LogP contribution in [0.2, 0.25) is 0 Å². The SMILES string of the molecule is Cc1ccc(F)cc1NC(=O)c1ccc(/C(N)=N/O)cc1. The number of hydrogen-bond donors (Lipinski definition) is 3. The molecule has 0 unspecified atom stereocenters. The first kappa shape index (κ1) is 14.5. The summed E-state index contributed by atoms with van der Waals surface area (Å²) in [6, 6.07) is 10.4. The standard InChI is InChI=1S/C15H14FN3O2/c1-9-2-7-12(16)8-13(9)18-15(20)11-5-3-10(4-6-11)14(17)19-21/h2-8,21H,1H3,(H2,17,19)(H,18,20). The van der Waals surface area contributed by atoms with Crippen LogP contribution in [0.3, 0.4) is 0 Å². The number of benzene rings is 2. The third-order valence-electron chi connectivity index (χ3n) is 3.00. The van der Waals surface area contributed by atoms with Gasteiger partial charge in [0, 0.05) is 16.8 Å². The quantitative estimate of drug-likeness (QED) is 0.351. The molecule has 0 bridgehead atoms. The first-order chi connectivity index (χ1) is 10.0. The van der Waals surface area contributed by atoms with Crippen LogP contribution in [0.15, 0.2) is 47.6 Å². The summed E-state index contributed by atoms with van der Waals surface area (Å²) >= 11 is 0. The summed E-state index contributed by atoms with van der Waals surface area (Å²) < 4.78 is 13.2. The van der Waals surface area contributed by atoms with Gasteiger partial charge in [-0.15, -0.1) is 0 Å². The van der Waals surface area contributed by atoms with Crippen molar-refractivity contribution in [3.05, 3.63) is 65.0 Å². The van der Waals surface area contributed by atoms with Crippen molar-refractivity contribution in [1.29, 1.82) is 0 Å². The zero-order chi connectivity index (χ0) is 15.4. The van der Waals surface area contributed by atoms with Crippen molar-refractivity contribution in [3.63, 3.8) is 0 Å². The predicted molar refractivity (Wildman–Crippen MR) is 78.0 cm³/mol. The van der Waals surface area contributed by atoms with E-state index in [1.165, 1.54) is 24.3 Å². The summed E-state index contributed by atoms with van der Waals surface area (Å²) in [5.41, 5.74) is 7.50. The number of carbonyl (C=O) groups is 1. The zero-order valence-electron chi connectivity index (χ0n) is 11.3. The van der Waals surface area contributed by atoms with Gasteiger partial charge in [0.25, 0.3) is 5.91 Å². The third-order valence-corrected chi connectivity index (χ3v) is 3.00. The van der Waals surface area contributed by atoms with Crippen LogP contribution < -0.4 is 11.1 Å². The van der Waals surface area contributed by atoms with E-state index in [2.05, 4.69) is 10.5 Å². The van der Waals surface area contributed by atoms with Gasteiger partial charge in [-0.05, 0) is 36.8 Å². The van der Waals surface area contributed by atoms with Crippen molar-refractivity contribution in [2.75, 3.05) is 5.32 Å². The van der Waals surface area contributed by atoms with Gasteiger partial charge in [0.2, 0.25) is 0 Å². The molecule has 0 aliphatic heterocycles. The number of amidine groups is 1. The summed E-state index contributed by atoms with van der Waals surface area (Å²) in [5.74, 6) is -0.823. The molecule has 6 heteroatoms. The van der Waals surface area contributed by atoms with Crippen LogP contribution >= 0.6 is 0 Å². The molecule has 0 atom stereocenters. The third kappa shape index (κ3) is 3.36. The predicted octanol–water partition coefficient (Wildman–Crippen LogP) is 2.48. The summed E-state index contributed by atoms with van der Waals surface area (Å²) in [7, 11) is 0. The summed E-state index contributed by atoms with van der Waals surface area (Å²) in [6.07, 6.45) is 0. The molecule has 5 nitrogen and oxygen atoms in total. The van der Waals surface area contributed by atoms with Crippen LogP contribution in [-0.4, -0.2) is 17.0 Å². The van der Waals surface area contributed by atoms with Gasteiger partial charge in [0.15, 0.2) is 5.84 Å². The van der Waals surface area contributed by atoms with Gasteiger partial charge in [-0.1, -0.05) is 23.4 Å². The minimum atomic E-state index is -0.418. The first-order valence-electron chi connectivity index (χ1n) is 6.16. The molecule has 2 aromatic rings. The Morgan fingerprint density at radius 3 is 2.43 bits per heavy atom. The lowest BCUT2D eigenvalue weighted by molar-refractivity contribution is 0.102. The molecule has 0 aliphatic carbocycles. The highest BCUT2D eigenvalue weighted by Gasteiger charge is 2.09. The van der Waals surface area contributed by atoms with E-state index in [1.807, 2.05) is 0 Å². The molecule has 0 radical (unpaired) electrons. The number of hydrogen-bond acceptors (Lipinski definition) is 3. The number of rotatable bonds is 3. The van der Waals surface area contributed by atoms with Gasteiger partial charge in [-0.3, -0.25) is 4.79 Å². The summed E-state index contributed by atoms with van der Waals surface area (Å²) in [4.78, 5) is 12.1. The Labute approximate surface area is 120 Å². The Morgan fingerprint density at radius 2 is 1.81 bits per heavy atom. The monoisotopic (exact) mass is 287 g/mol. The van der Waals surface area contributed by atoms with Crippen molar-refractivity contribution in [2.24, 2.45) is 10.9 Å². The number of aryl methyl sites for hydroxylation is 1. The average molecular weight is 287 g/mol. The topological polar surface area (TPSA) is 87.7 Å². The second kappa shape index (κ2) is 6.04. The van der Waals surface area contributed by atoms with Crippen LogP contribution in [0.5, 0.6) is 0 Å². The maximum atomic E-state index is 13.2. The molecular weight excluding hydrogens is 273 g/mol. The number of carbonyl (C=O) groups excluding carboxylic acids is 1. The Bertz CT molecular complexity index is 697. The number of anilines is 1. The van der Waals surface area contributed by atoms with E-state index in [0.717, 1.165) is 5.56 Å². The van der Waals surface area contributed by atoms with E-state index in [0.29, 0.717) is 16.8 Å². The number of nitrogens with zero attached hydrogens (tertiary/aromatic N) is 1. The van der Waals surface area contributed by atoms with Crippen LogP contribution in [-0.2, 0) is 0 Å². The Hall–Kier alpha value is -2.89. The van der Waals surface area contributed by atoms with Crippen molar-refractivity contribution in [3.8, 4) is 0 Å². The smallest absolute Gasteiger partial charge is 0.255 e. The van der Waals surface area contributed by atoms with Crippen molar-refractivity contribution in [2.45, 2.75) is 6.92 Å². The van der Waals surface area contributed by atoms with Crippen LogP contribution in [0.1, 0.15) is 21.5 Å². The van der Waals surface area contributed by atoms with E-state index in [9.17, 15) is 9.18 Å². The molecule has 2 aromatic carbocycles. The minimum absolute atomic E-state index is 0.0390. The van der Waals surface area contributed by atoms with E-state index in [1.54, 1.807) is 25.1 Å². The molecule has 4 N–H and O–H groups in total. The maximum Gasteiger partial charge on any atom is 0.255 e. The molecule has 0 saturated heterocycles. The van der Waals surface area contributed by atoms with Gasteiger partial charge < -0.3 is 16.3 Å². The van der Waals surface area contributed by atoms with E-state index < -0.39 is 5.82 Å². The van der Waals surface area contributed by atoms with Crippen LogP contribution in [0, 0.1) is 12.7 Å². The van der Waals surface area contributed by atoms with Crippen LogP contribution in [0.4, 0.5) is 10.1 Å². The number of amides is 1. The fourth-order valence-electron chi connectivity index (χ4n) is 1.77. The number of nitrogens with two attached hydrogens (primary N) is 1. The fraction of sp³-hybridized carbons (Fsp3) is 0.0667. The molecule has 0 saturated carbocycles. The summed E-state index contributed by atoms with van der Waals surface area (Å²) in [6.45, 7) is 1.77. The van der Waals surface area contributed by atoms with Gasteiger partial charge in [0.05, 0.1) is 0 Å². The van der Waals surface area contributed by atoms with Gasteiger partial charge >= 0.3 is 0 Å². The minimum Gasteiger partial charge on any atom is -0.409 e. The highest BCUT2D eigenvalue weighted by Crippen LogP contribution is 2.17. The number of nitrogens with one attached hydrogen (secondary N) is 1. The van der Waals surface area contributed by atoms with E-state index in [-0.39, 0.29) is 11.7 Å². The number of halogens is 1. The Morgan fingerprint density at radius 1 is 1.19 bits per heavy atom. The van der Waals surface area contributed by atoms with Crippen molar-refractivity contribution < 1.29 is 14.4 Å². The lowest BCUT2D eigenvalue weighted by atomic mass is 10.1. The highest BCUT2D eigenvalue weighted by atomic mass is 19.1. The lowest BCUT2D eigenvalue weighted by Crippen LogP contribution is -2.15. The fourth-order valence-corrected chi connectivity index (χ4v) is 1.77. The maximum absolute atomic E-state index is 13.2. The molecule has 0 aliphatic rings. The highest BCUT2D eigenvalue weighted by molar-refractivity contribution is 6.05. The lowest BCUT2D eigenvalue weighted by Gasteiger charge is -2.09. The second-order valence-electron chi connectivity index (χ2n) is 4.48. The summed E-state index contributed by atoms with van der Waals surface area (Å²) in [5, 5.41) is 14.1. The number of oxime groups is 1. The first-order valence-corrected chi connectivity index (χ1v) is 6.16. The average Bonchev–Trinajstić information content (AvgIpc) is 2.50. The molecule has 0 heterocycles. The normalized spacial score (nSPS) is 11.2. The van der Waals surface area contributed by atoms with Gasteiger partial charge in [-0.2, -0.15) is 0 Å². The Balaban J connectivity index is 2.19. The zero-order valence-corrected chi connectivity index (χ0v) is 11.3. The molecule has 0 aromatic heterocycles. The van der Waals surface area contributed by atoms with Crippen molar-refractivity contribution >= 4 is 17.4 Å². The van der Waals surface area contributed by atoms with Gasteiger partial charge in [0.1, 0.15) is 5.82 Å². The Kier molecular flexibility index (Phi) is 4.18. The van der Waals surface area contributed by atoms with Gasteiger partial charge in [-0.25, -0.2) is 4.39 Å². The van der Waals surface area contributed by atoms with E-state index >= 15 is 0 Å². The molecule has 21 heavy (non-hydrogen) atoms. The second-order valence-corrected chi connectivity index (χ2v) is 4.48. The molecule has 108 valence electrons. The van der Waals surface area contributed by atoms with Crippen molar-refractivity contribution in [1.82, 2.24) is 0 Å². The molecular formula is C15H14FN3O2. The van der Waals surface area contributed by atoms with E-state index in [4.69, 9.17) is 10.9 Å². The molecule has 0 fully saturated rings. The largest absolute Gasteiger partial charge is 0.409 e. The molecule has 0 spiro atoms. The molecule has 2 rings (SSSR count).